The summed E-state index contributed by atoms with van der Waals surface area (Å²) in [7, 11) is 3.62. The van der Waals surface area contributed by atoms with Crippen LogP contribution in [0.1, 0.15) is 18.0 Å². The number of nitrogens with zero attached hydrogens (tertiary/aromatic N) is 3. The highest BCUT2D eigenvalue weighted by Crippen LogP contribution is 2.35. The summed E-state index contributed by atoms with van der Waals surface area (Å²) in [5.41, 5.74) is 12.2. The molecule has 2 aromatic rings. The third kappa shape index (κ3) is 3.81. The molecular weight excluding hydrogens is 411 g/mol. The number of hydrazine groups is 2. The fourth-order valence-electron chi connectivity index (χ4n) is 4.77. The number of para-hydroxylation sites is 1. The average Bonchev–Trinajstić information content (AvgIpc) is 3.21. The zero-order valence-corrected chi connectivity index (χ0v) is 18.3. The van der Waals surface area contributed by atoms with E-state index >= 15 is 0 Å². The second-order valence-corrected chi connectivity index (χ2v) is 8.63. The fraction of sp³-hybridized carbons (Fsp3) is 0.435. The summed E-state index contributed by atoms with van der Waals surface area (Å²) < 4.78 is 20.0. The van der Waals surface area contributed by atoms with Crippen LogP contribution in [0.2, 0.25) is 0 Å². The normalized spacial score (nSPS) is 26.3. The molecule has 0 aromatic heterocycles. The number of hydrogen-bond donors (Lipinski definition) is 3. The van der Waals surface area contributed by atoms with Gasteiger partial charge in [-0.2, -0.15) is 0 Å². The number of amides is 1. The predicted octanol–water partition coefficient (Wildman–Crippen LogP) is 1.41. The van der Waals surface area contributed by atoms with E-state index in [1.807, 2.05) is 0 Å². The first-order valence-corrected chi connectivity index (χ1v) is 11.0. The number of benzene rings is 2. The summed E-state index contributed by atoms with van der Waals surface area (Å²) >= 11 is 0. The van der Waals surface area contributed by atoms with Gasteiger partial charge in [0.15, 0.2) is 5.82 Å². The van der Waals surface area contributed by atoms with Crippen molar-refractivity contribution < 1.29 is 13.9 Å². The minimum Gasteiger partial charge on any atom is -0.494 e. The highest BCUT2D eigenvalue weighted by molar-refractivity contribution is 5.95. The van der Waals surface area contributed by atoms with Crippen molar-refractivity contribution in [3.8, 4) is 5.75 Å². The Labute approximate surface area is 187 Å². The molecule has 0 radical (unpaired) electrons. The molecule has 3 atom stereocenters. The number of fused-ring (bicyclic) bond motifs is 1. The number of methoxy groups -OCH3 is 1. The molecule has 8 nitrogen and oxygen atoms in total. The number of halogens is 1. The monoisotopic (exact) mass is 440 g/mol. The number of hydrogen-bond acceptors (Lipinski definition) is 7. The molecule has 3 fully saturated rings. The Kier molecular flexibility index (Phi) is 5.73. The number of rotatable bonds is 4. The molecule has 32 heavy (non-hydrogen) atoms. The van der Waals surface area contributed by atoms with E-state index in [1.165, 1.54) is 23.9 Å². The van der Waals surface area contributed by atoms with Crippen molar-refractivity contribution in [1.29, 1.82) is 0 Å². The Bertz CT molecular complexity index is 979. The van der Waals surface area contributed by atoms with Crippen molar-refractivity contribution in [1.82, 2.24) is 21.2 Å². The van der Waals surface area contributed by atoms with Crippen LogP contribution in [0.25, 0.3) is 0 Å². The van der Waals surface area contributed by atoms with Gasteiger partial charge in [-0.15, -0.1) is 0 Å². The molecule has 0 spiro atoms. The largest absolute Gasteiger partial charge is 0.494 e. The summed E-state index contributed by atoms with van der Waals surface area (Å²) in [5, 5.41) is 1.30. The molecule has 1 amide bonds. The van der Waals surface area contributed by atoms with Crippen LogP contribution in [-0.2, 0) is 4.79 Å². The smallest absolute Gasteiger partial charge is 0.243 e. The first-order chi connectivity index (χ1) is 15.5. The Morgan fingerprint density at radius 2 is 1.78 bits per heavy atom. The molecule has 3 aliphatic rings. The Hall–Kier alpha value is -2.72. The maximum absolute atomic E-state index is 14.7. The van der Waals surface area contributed by atoms with Gasteiger partial charge < -0.3 is 14.5 Å². The Balaban J connectivity index is 1.36. The van der Waals surface area contributed by atoms with Crippen LogP contribution in [0, 0.1) is 5.82 Å². The topological polar surface area (TPSA) is 72.1 Å². The first kappa shape index (κ1) is 21.1. The molecule has 0 bridgehead atoms. The Morgan fingerprint density at radius 1 is 1.03 bits per heavy atom. The molecular formula is C23H29FN6O2. The highest BCUT2D eigenvalue weighted by Gasteiger charge is 2.44. The van der Waals surface area contributed by atoms with E-state index in [0.29, 0.717) is 5.75 Å². The molecule has 3 aliphatic heterocycles. The van der Waals surface area contributed by atoms with Gasteiger partial charge in [0.1, 0.15) is 11.4 Å². The van der Waals surface area contributed by atoms with E-state index < -0.39 is 5.82 Å². The van der Waals surface area contributed by atoms with E-state index in [4.69, 9.17) is 4.74 Å². The standard InChI is InChI=1S/C23H29FN6O2/c1-28-10-12-29(13-11-28)16-8-6-15(7-9-16)21-22-18(25-26-21)14-20(31)30(27-22)23-17(24)4-3-5-19(23)32-2/h3-9,18,21-22,25-27H,10-14H2,1-2H3. The van der Waals surface area contributed by atoms with Crippen molar-refractivity contribution in [2.45, 2.75) is 24.5 Å². The molecule has 3 N–H and O–H groups in total. The van der Waals surface area contributed by atoms with Crippen LogP contribution in [0.5, 0.6) is 5.75 Å². The van der Waals surface area contributed by atoms with Crippen LogP contribution >= 0.6 is 0 Å². The predicted molar refractivity (Wildman–Crippen MR) is 121 cm³/mol. The van der Waals surface area contributed by atoms with Crippen LogP contribution in [-0.4, -0.2) is 63.2 Å². The zero-order valence-electron chi connectivity index (χ0n) is 18.3. The fourth-order valence-corrected chi connectivity index (χ4v) is 4.77. The van der Waals surface area contributed by atoms with E-state index in [0.717, 1.165) is 31.7 Å². The summed E-state index contributed by atoms with van der Waals surface area (Å²) in [6.45, 7) is 4.17. The van der Waals surface area contributed by atoms with Crippen LogP contribution in [0.3, 0.4) is 0 Å². The molecule has 3 saturated heterocycles. The van der Waals surface area contributed by atoms with E-state index in [9.17, 15) is 9.18 Å². The van der Waals surface area contributed by atoms with Gasteiger partial charge in [0.05, 0.1) is 19.2 Å². The molecule has 0 aliphatic carbocycles. The molecule has 170 valence electrons. The maximum Gasteiger partial charge on any atom is 0.243 e. The summed E-state index contributed by atoms with van der Waals surface area (Å²) in [4.78, 5) is 17.5. The summed E-state index contributed by atoms with van der Waals surface area (Å²) in [5.74, 6) is -0.401. The van der Waals surface area contributed by atoms with Crippen molar-refractivity contribution in [3.63, 3.8) is 0 Å². The van der Waals surface area contributed by atoms with Crippen LogP contribution < -0.4 is 30.9 Å². The van der Waals surface area contributed by atoms with E-state index in [1.54, 1.807) is 12.1 Å². The third-order valence-electron chi connectivity index (χ3n) is 6.65. The van der Waals surface area contributed by atoms with Gasteiger partial charge in [0, 0.05) is 44.3 Å². The van der Waals surface area contributed by atoms with Gasteiger partial charge >= 0.3 is 0 Å². The minimum absolute atomic E-state index is 0.0742. The van der Waals surface area contributed by atoms with Gasteiger partial charge in [-0.3, -0.25) is 10.2 Å². The lowest BCUT2D eigenvalue weighted by Crippen LogP contribution is -2.60. The number of ether oxygens (including phenoxy) is 1. The molecule has 3 unspecified atom stereocenters. The van der Waals surface area contributed by atoms with Crippen molar-refractivity contribution in [2.24, 2.45) is 0 Å². The van der Waals surface area contributed by atoms with Gasteiger partial charge in [-0.1, -0.05) is 18.2 Å². The second-order valence-electron chi connectivity index (χ2n) is 8.63. The van der Waals surface area contributed by atoms with E-state index in [-0.39, 0.29) is 36.1 Å². The lowest BCUT2D eigenvalue weighted by molar-refractivity contribution is -0.121. The number of anilines is 2. The highest BCUT2D eigenvalue weighted by atomic mass is 19.1. The first-order valence-electron chi connectivity index (χ1n) is 11.0. The molecule has 3 heterocycles. The quantitative estimate of drug-likeness (QED) is 0.664. The van der Waals surface area contributed by atoms with Gasteiger partial charge in [0.25, 0.3) is 0 Å². The Morgan fingerprint density at radius 3 is 2.50 bits per heavy atom. The minimum atomic E-state index is -0.504. The lowest BCUT2D eigenvalue weighted by atomic mass is 9.93. The van der Waals surface area contributed by atoms with Crippen molar-refractivity contribution in [3.05, 3.63) is 53.8 Å². The molecule has 2 aromatic carbocycles. The summed E-state index contributed by atoms with van der Waals surface area (Å²) in [6.07, 6.45) is 0.248. The third-order valence-corrected chi connectivity index (χ3v) is 6.65. The number of nitrogens with one attached hydrogen (secondary N) is 3. The average molecular weight is 441 g/mol. The number of likely N-dealkylation sites (N-methyl/N-ethyl adjacent to an activating group) is 1. The molecule has 5 rings (SSSR count). The number of carbonyl (C=O) groups excluding carboxylic acids is 1. The second kappa shape index (κ2) is 8.67. The number of piperazine rings is 1. The van der Waals surface area contributed by atoms with Crippen molar-refractivity contribution >= 4 is 17.3 Å². The number of carbonyl (C=O) groups is 1. The SMILES string of the molecule is COc1cccc(F)c1N1NC2C(CC1=O)NNC2c1ccc(N2CCN(C)CC2)cc1. The maximum atomic E-state index is 14.7. The zero-order chi connectivity index (χ0) is 22.2. The molecule has 0 saturated carbocycles. The lowest BCUT2D eigenvalue weighted by Gasteiger charge is -2.37. The van der Waals surface area contributed by atoms with Gasteiger partial charge in [-0.05, 0) is 36.9 Å². The van der Waals surface area contributed by atoms with Gasteiger partial charge in [-0.25, -0.2) is 20.3 Å². The van der Waals surface area contributed by atoms with Crippen LogP contribution in [0.15, 0.2) is 42.5 Å². The summed E-state index contributed by atoms with van der Waals surface area (Å²) in [6, 6.07) is 12.8. The van der Waals surface area contributed by atoms with Crippen LogP contribution in [0.4, 0.5) is 15.8 Å². The van der Waals surface area contributed by atoms with Crippen molar-refractivity contribution in [2.75, 3.05) is 50.2 Å². The van der Waals surface area contributed by atoms with Gasteiger partial charge in [0.2, 0.25) is 5.91 Å². The molecule has 9 heteroatoms. The van der Waals surface area contributed by atoms with E-state index in [2.05, 4.69) is 57.4 Å².